The normalized spacial score (nSPS) is 16.0. The minimum atomic E-state index is -0.664. The number of carbonyl (C=O) groups excluding carboxylic acids is 2. The molecule has 22 heavy (non-hydrogen) atoms. The molecule has 1 fully saturated rings. The van der Waals surface area contributed by atoms with Crippen molar-refractivity contribution in [1.82, 2.24) is 4.90 Å². The van der Waals surface area contributed by atoms with Gasteiger partial charge in [-0.1, -0.05) is 0 Å². The molecule has 1 aromatic rings. The number of urea groups is 1. The molecule has 120 valence electrons. The molecule has 0 aliphatic carbocycles. The molecule has 1 saturated heterocycles. The smallest absolute Gasteiger partial charge is 0.321 e. The monoisotopic (exact) mass is 305 g/mol. The van der Waals surface area contributed by atoms with E-state index in [2.05, 4.69) is 10.6 Å². The number of anilines is 2. The van der Waals surface area contributed by atoms with E-state index < -0.39 is 6.10 Å². The first-order valence-corrected chi connectivity index (χ1v) is 7.68. The lowest BCUT2D eigenvalue weighted by molar-refractivity contribution is -0.117. The highest BCUT2D eigenvalue weighted by Gasteiger charge is 2.16. The third-order valence-corrected chi connectivity index (χ3v) is 3.54. The van der Waals surface area contributed by atoms with Crippen molar-refractivity contribution < 1.29 is 14.7 Å². The first-order valence-electron chi connectivity index (χ1n) is 7.68. The first-order chi connectivity index (χ1) is 10.5. The van der Waals surface area contributed by atoms with Crippen molar-refractivity contribution in [1.29, 1.82) is 0 Å². The Balaban J connectivity index is 1.86. The van der Waals surface area contributed by atoms with E-state index in [1.165, 1.54) is 6.42 Å². The van der Waals surface area contributed by atoms with Gasteiger partial charge in [-0.3, -0.25) is 4.79 Å². The Hall–Kier alpha value is -2.08. The van der Waals surface area contributed by atoms with Crippen molar-refractivity contribution in [2.45, 2.75) is 38.7 Å². The van der Waals surface area contributed by atoms with Crippen LogP contribution in [0, 0.1) is 0 Å². The molecule has 6 nitrogen and oxygen atoms in total. The average Bonchev–Trinajstić information content (AvgIpc) is 2.49. The second-order valence-electron chi connectivity index (χ2n) is 5.66. The van der Waals surface area contributed by atoms with Crippen molar-refractivity contribution in [3.8, 4) is 0 Å². The SMILES string of the molecule is CC(O)CC(=O)Nc1ccc(NC(=O)N2CCCCC2)cc1. The van der Waals surface area contributed by atoms with Gasteiger partial charge in [0, 0.05) is 24.5 Å². The molecule has 3 amide bonds. The summed E-state index contributed by atoms with van der Waals surface area (Å²) in [6.07, 6.45) is 2.70. The number of piperidine rings is 1. The van der Waals surface area contributed by atoms with Crippen LogP contribution in [0.5, 0.6) is 0 Å². The lowest BCUT2D eigenvalue weighted by Crippen LogP contribution is -2.38. The van der Waals surface area contributed by atoms with Gasteiger partial charge in [0.15, 0.2) is 0 Å². The van der Waals surface area contributed by atoms with Gasteiger partial charge in [0.2, 0.25) is 5.91 Å². The second kappa shape index (κ2) is 7.79. The Morgan fingerprint density at radius 1 is 1.09 bits per heavy atom. The summed E-state index contributed by atoms with van der Waals surface area (Å²) in [5, 5.41) is 14.7. The summed E-state index contributed by atoms with van der Waals surface area (Å²) in [5.74, 6) is -0.236. The van der Waals surface area contributed by atoms with Gasteiger partial charge in [-0.05, 0) is 50.5 Å². The van der Waals surface area contributed by atoms with Crippen molar-refractivity contribution >= 4 is 23.3 Å². The van der Waals surface area contributed by atoms with E-state index in [0.29, 0.717) is 11.4 Å². The third kappa shape index (κ3) is 5.04. The molecule has 0 spiro atoms. The number of likely N-dealkylation sites (tertiary alicyclic amines) is 1. The van der Waals surface area contributed by atoms with E-state index in [4.69, 9.17) is 5.11 Å². The molecule has 6 heteroatoms. The summed E-state index contributed by atoms with van der Waals surface area (Å²) in [4.78, 5) is 25.4. The Morgan fingerprint density at radius 3 is 2.18 bits per heavy atom. The van der Waals surface area contributed by atoms with Crippen molar-refractivity contribution in [2.75, 3.05) is 23.7 Å². The van der Waals surface area contributed by atoms with Crippen LogP contribution in [0.3, 0.4) is 0 Å². The molecule has 2 rings (SSSR count). The number of nitrogens with one attached hydrogen (secondary N) is 2. The highest BCUT2D eigenvalue weighted by atomic mass is 16.3. The number of aliphatic hydroxyl groups is 1. The molecule has 1 heterocycles. The zero-order valence-electron chi connectivity index (χ0n) is 12.8. The molecule has 1 aliphatic heterocycles. The maximum Gasteiger partial charge on any atom is 0.321 e. The summed E-state index contributed by atoms with van der Waals surface area (Å²) in [6.45, 7) is 3.18. The number of hydrogen-bond acceptors (Lipinski definition) is 3. The van der Waals surface area contributed by atoms with E-state index in [1.54, 1.807) is 31.2 Å². The van der Waals surface area contributed by atoms with Crippen LogP contribution in [0.1, 0.15) is 32.6 Å². The zero-order valence-corrected chi connectivity index (χ0v) is 12.8. The summed E-state index contributed by atoms with van der Waals surface area (Å²) >= 11 is 0. The lowest BCUT2D eigenvalue weighted by atomic mass is 10.1. The van der Waals surface area contributed by atoms with Gasteiger partial charge in [0.25, 0.3) is 0 Å². The number of aliphatic hydroxyl groups excluding tert-OH is 1. The first kappa shape index (κ1) is 16.3. The summed E-state index contributed by atoms with van der Waals surface area (Å²) in [6, 6.07) is 6.88. The predicted octanol–water partition coefficient (Wildman–Crippen LogP) is 2.41. The van der Waals surface area contributed by atoms with Gasteiger partial charge in [0.1, 0.15) is 0 Å². The number of rotatable bonds is 4. The summed E-state index contributed by atoms with van der Waals surface area (Å²) in [5.41, 5.74) is 1.34. The van der Waals surface area contributed by atoms with Crippen LogP contribution in [-0.4, -0.2) is 41.1 Å². The predicted molar refractivity (Wildman–Crippen MR) is 85.8 cm³/mol. The van der Waals surface area contributed by atoms with Gasteiger partial charge in [-0.2, -0.15) is 0 Å². The molecule has 1 aliphatic rings. The molecular weight excluding hydrogens is 282 g/mol. The third-order valence-electron chi connectivity index (χ3n) is 3.54. The Bertz CT molecular complexity index is 508. The maximum atomic E-state index is 12.1. The van der Waals surface area contributed by atoms with Gasteiger partial charge < -0.3 is 20.6 Å². The van der Waals surface area contributed by atoms with E-state index in [-0.39, 0.29) is 18.4 Å². The Kier molecular flexibility index (Phi) is 5.77. The molecule has 0 aromatic heterocycles. The molecule has 1 aromatic carbocycles. The van der Waals surface area contributed by atoms with E-state index in [0.717, 1.165) is 25.9 Å². The minimum absolute atomic E-state index is 0.0629. The fourth-order valence-electron chi connectivity index (χ4n) is 2.42. The fourth-order valence-corrected chi connectivity index (χ4v) is 2.42. The van der Waals surface area contributed by atoms with Crippen molar-refractivity contribution in [2.24, 2.45) is 0 Å². The number of nitrogens with zero attached hydrogens (tertiary/aromatic N) is 1. The number of amides is 3. The van der Waals surface area contributed by atoms with Gasteiger partial charge in [-0.15, -0.1) is 0 Å². The largest absolute Gasteiger partial charge is 0.393 e. The molecule has 0 saturated carbocycles. The van der Waals surface area contributed by atoms with Crippen LogP contribution in [-0.2, 0) is 4.79 Å². The second-order valence-corrected chi connectivity index (χ2v) is 5.66. The van der Waals surface area contributed by atoms with Crippen molar-refractivity contribution in [3.63, 3.8) is 0 Å². The molecular formula is C16H23N3O3. The highest BCUT2D eigenvalue weighted by molar-refractivity contribution is 5.92. The molecule has 1 atom stereocenters. The molecule has 1 unspecified atom stereocenters. The zero-order chi connectivity index (χ0) is 15.9. The van der Waals surface area contributed by atoms with Crippen LogP contribution in [0.2, 0.25) is 0 Å². The average molecular weight is 305 g/mol. The quantitative estimate of drug-likeness (QED) is 0.799. The van der Waals surface area contributed by atoms with E-state index >= 15 is 0 Å². The van der Waals surface area contributed by atoms with Crippen LogP contribution < -0.4 is 10.6 Å². The van der Waals surface area contributed by atoms with Crippen LogP contribution in [0.4, 0.5) is 16.2 Å². The lowest BCUT2D eigenvalue weighted by Gasteiger charge is -2.26. The van der Waals surface area contributed by atoms with Crippen LogP contribution in [0.25, 0.3) is 0 Å². The highest BCUT2D eigenvalue weighted by Crippen LogP contribution is 2.16. The standard InChI is InChI=1S/C16H23N3O3/c1-12(20)11-15(21)17-13-5-7-14(8-6-13)18-16(22)19-9-3-2-4-10-19/h5-8,12,20H,2-4,9-11H2,1H3,(H,17,21)(H,18,22). The summed E-state index contributed by atoms with van der Waals surface area (Å²) < 4.78 is 0. The summed E-state index contributed by atoms with van der Waals surface area (Å²) in [7, 11) is 0. The number of carbonyl (C=O) groups is 2. The number of hydrogen-bond donors (Lipinski definition) is 3. The van der Waals surface area contributed by atoms with Gasteiger partial charge >= 0.3 is 6.03 Å². The molecule has 0 radical (unpaired) electrons. The Morgan fingerprint density at radius 2 is 1.64 bits per heavy atom. The van der Waals surface area contributed by atoms with E-state index in [9.17, 15) is 9.59 Å². The minimum Gasteiger partial charge on any atom is -0.393 e. The van der Waals surface area contributed by atoms with Gasteiger partial charge in [-0.25, -0.2) is 4.79 Å². The fraction of sp³-hybridized carbons (Fsp3) is 0.500. The number of benzene rings is 1. The van der Waals surface area contributed by atoms with E-state index in [1.807, 2.05) is 4.90 Å². The van der Waals surface area contributed by atoms with Crippen molar-refractivity contribution in [3.05, 3.63) is 24.3 Å². The van der Waals surface area contributed by atoms with Gasteiger partial charge in [0.05, 0.1) is 12.5 Å². The Labute approximate surface area is 130 Å². The topological polar surface area (TPSA) is 81.7 Å². The maximum absolute atomic E-state index is 12.1. The molecule has 3 N–H and O–H groups in total. The van der Waals surface area contributed by atoms with Crippen LogP contribution in [0.15, 0.2) is 24.3 Å². The molecule has 0 bridgehead atoms. The van der Waals surface area contributed by atoms with Crippen LogP contribution >= 0.6 is 0 Å².